The number of carbonyl (C=O) groups excluding carboxylic acids is 1. The summed E-state index contributed by atoms with van der Waals surface area (Å²) in [7, 11) is 5.38. The number of benzene rings is 2. The van der Waals surface area contributed by atoms with Crippen molar-refractivity contribution in [2.45, 2.75) is 19.2 Å². The summed E-state index contributed by atoms with van der Waals surface area (Å²) in [6.07, 6.45) is 5.06. The van der Waals surface area contributed by atoms with Crippen LogP contribution in [-0.2, 0) is 17.1 Å². The molecule has 0 aliphatic carbocycles. The van der Waals surface area contributed by atoms with Gasteiger partial charge in [0.15, 0.2) is 0 Å². The molecule has 0 spiro atoms. The van der Waals surface area contributed by atoms with Gasteiger partial charge < -0.3 is 4.74 Å². The molecular formula is C18H20O2P2. The van der Waals surface area contributed by atoms with E-state index in [2.05, 4.69) is 37.5 Å². The zero-order chi connectivity index (χ0) is 15.9. The van der Waals surface area contributed by atoms with Crippen molar-refractivity contribution < 1.29 is 9.53 Å². The minimum atomic E-state index is -0.369. The molecule has 0 saturated heterocycles. The molecule has 0 bridgehead atoms. The lowest BCUT2D eigenvalue weighted by molar-refractivity contribution is -0.128. The Morgan fingerprint density at radius 2 is 1.82 bits per heavy atom. The Balaban J connectivity index is 1.99. The Morgan fingerprint density at radius 1 is 1.09 bits per heavy atom. The van der Waals surface area contributed by atoms with E-state index >= 15 is 0 Å². The number of rotatable bonds is 5. The summed E-state index contributed by atoms with van der Waals surface area (Å²) in [5.41, 5.74) is 4.69. The number of ether oxygens (including phenoxy) is 1. The topological polar surface area (TPSA) is 26.3 Å². The fraction of sp³-hybridized carbons (Fsp3) is 0.167. The van der Waals surface area contributed by atoms with Crippen molar-refractivity contribution in [2.24, 2.45) is 0 Å². The van der Waals surface area contributed by atoms with Gasteiger partial charge in [0.05, 0.1) is 0 Å². The van der Waals surface area contributed by atoms with Crippen molar-refractivity contribution in [3.8, 4) is 5.75 Å². The Bertz CT molecular complexity index is 676. The van der Waals surface area contributed by atoms with Crippen LogP contribution in [-0.4, -0.2) is 5.97 Å². The van der Waals surface area contributed by atoms with Crippen LogP contribution in [0.2, 0.25) is 0 Å². The zero-order valence-corrected chi connectivity index (χ0v) is 14.9. The third kappa shape index (κ3) is 4.77. The Hall–Kier alpha value is -1.49. The number of hydrogen-bond acceptors (Lipinski definition) is 2. The van der Waals surface area contributed by atoms with Gasteiger partial charge in [-0.1, -0.05) is 30.3 Å². The van der Waals surface area contributed by atoms with Crippen LogP contribution < -0.4 is 4.74 Å². The van der Waals surface area contributed by atoms with Crippen LogP contribution in [0.3, 0.4) is 0 Å². The summed E-state index contributed by atoms with van der Waals surface area (Å²) in [6, 6.07) is 13.7. The third-order valence-corrected chi connectivity index (χ3v) is 4.29. The van der Waals surface area contributed by atoms with Gasteiger partial charge in [-0.3, -0.25) is 0 Å². The van der Waals surface area contributed by atoms with E-state index in [0.717, 1.165) is 17.9 Å². The third-order valence-electron chi connectivity index (χ3n) is 3.38. The summed E-state index contributed by atoms with van der Waals surface area (Å²) < 4.78 is 5.27. The molecule has 2 rings (SSSR count). The molecule has 0 heterocycles. The standard InChI is InChI=1S/C18H20O2P2/c1-13-10-14(2-6-16(13)12-22)5-9-18(19)20-17-7-3-15(11-21)4-8-17/h2-10H,11-12,21-22H2,1H3/b9-5+. The summed E-state index contributed by atoms with van der Waals surface area (Å²) in [6.45, 7) is 2.07. The molecule has 114 valence electrons. The Kier molecular flexibility index (Phi) is 6.31. The van der Waals surface area contributed by atoms with Crippen LogP contribution in [0, 0.1) is 6.92 Å². The number of hydrogen-bond donors (Lipinski definition) is 0. The van der Waals surface area contributed by atoms with E-state index in [1.807, 2.05) is 30.3 Å². The second-order valence-electron chi connectivity index (χ2n) is 4.99. The molecule has 0 aliphatic heterocycles. The van der Waals surface area contributed by atoms with E-state index < -0.39 is 0 Å². The van der Waals surface area contributed by atoms with Crippen molar-refractivity contribution in [2.75, 3.05) is 0 Å². The molecular weight excluding hydrogens is 310 g/mol. The smallest absolute Gasteiger partial charge is 0.336 e. The van der Waals surface area contributed by atoms with Crippen LogP contribution in [0.15, 0.2) is 48.5 Å². The summed E-state index contributed by atoms with van der Waals surface area (Å²) in [4.78, 5) is 11.8. The van der Waals surface area contributed by atoms with Gasteiger partial charge in [0.2, 0.25) is 0 Å². The Morgan fingerprint density at radius 3 is 2.41 bits per heavy atom. The molecule has 2 aromatic rings. The molecule has 0 saturated carbocycles. The van der Waals surface area contributed by atoms with Crippen molar-refractivity contribution in [3.05, 3.63) is 70.8 Å². The lowest BCUT2D eigenvalue weighted by atomic mass is 10.1. The summed E-state index contributed by atoms with van der Waals surface area (Å²) in [5.74, 6) is 0.192. The second-order valence-corrected chi connectivity index (χ2v) is 5.81. The highest BCUT2D eigenvalue weighted by atomic mass is 31.0. The van der Waals surface area contributed by atoms with Crippen molar-refractivity contribution in [1.82, 2.24) is 0 Å². The van der Waals surface area contributed by atoms with E-state index in [-0.39, 0.29) is 5.97 Å². The molecule has 0 amide bonds. The largest absolute Gasteiger partial charge is 0.423 e. The van der Waals surface area contributed by atoms with Crippen molar-refractivity contribution in [1.29, 1.82) is 0 Å². The van der Waals surface area contributed by atoms with Crippen molar-refractivity contribution >= 4 is 30.5 Å². The molecule has 0 aromatic heterocycles. The highest BCUT2D eigenvalue weighted by Gasteiger charge is 2.01. The molecule has 0 N–H and O–H groups in total. The maximum absolute atomic E-state index is 11.8. The molecule has 2 atom stereocenters. The number of carbonyl (C=O) groups is 1. The first-order valence-corrected chi connectivity index (χ1v) is 8.74. The average molecular weight is 330 g/mol. The van der Waals surface area contributed by atoms with E-state index in [0.29, 0.717) is 5.75 Å². The predicted octanol–water partition coefficient (Wildman–Crippen LogP) is 4.36. The van der Waals surface area contributed by atoms with Gasteiger partial charge in [-0.15, -0.1) is 18.5 Å². The molecule has 2 nitrogen and oxygen atoms in total. The Labute approximate surface area is 136 Å². The van der Waals surface area contributed by atoms with E-state index in [9.17, 15) is 4.79 Å². The SMILES string of the molecule is Cc1cc(/C=C/C(=O)Oc2ccc(CP)cc2)ccc1CP. The highest BCUT2D eigenvalue weighted by Crippen LogP contribution is 2.16. The highest BCUT2D eigenvalue weighted by molar-refractivity contribution is 7.15. The number of aryl methyl sites for hydroxylation is 1. The van der Waals surface area contributed by atoms with Crippen LogP contribution >= 0.6 is 18.5 Å². The molecule has 0 radical (unpaired) electrons. The molecule has 0 aliphatic rings. The monoisotopic (exact) mass is 330 g/mol. The average Bonchev–Trinajstić information content (AvgIpc) is 2.54. The van der Waals surface area contributed by atoms with Gasteiger partial charge in [-0.05, 0) is 59.7 Å². The van der Waals surface area contributed by atoms with E-state index in [4.69, 9.17) is 4.74 Å². The van der Waals surface area contributed by atoms with Gasteiger partial charge in [0.1, 0.15) is 5.75 Å². The van der Waals surface area contributed by atoms with Gasteiger partial charge in [0, 0.05) is 6.08 Å². The fourth-order valence-corrected chi connectivity index (χ4v) is 2.79. The predicted molar refractivity (Wildman–Crippen MR) is 99.1 cm³/mol. The minimum absolute atomic E-state index is 0.369. The first kappa shape index (κ1) is 16.9. The molecule has 4 heteroatoms. The van der Waals surface area contributed by atoms with Gasteiger partial charge in [0.25, 0.3) is 0 Å². The molecule has 22 heavy (non-hydrogen) atoms. The van der Waals surface area contributed by atoms with Crippen LogP contribution in [0.1, 0.15) is 22.3 Å². The first-order valence-electron chi connectivity index (χ1n) is 7.11. The maximum Gasteiger partial charge on any atom is 0.336 e. The summed E-state index contributed by atoms with van der Waals surface area (Å²) in [5, 5.41) is 0. The van der Waals surface area contributed by atoms with Crippen LogP contribution in [0.25, 0.3) is 6.08 Å². The first-order chi connectivity index (χ1) is 10.6. The molecule has 2 aromatic carbocycles. The fourth-order valence-electron chi connectivity index (χ4n) is 2.06. The maximum atomic E-state index is 11.8. The normalized spacial score (nSPS) is 10.9. The van der Waals surface area contributed by atoms with E-state index in [1.54, 1.807) is 6.08 Å². The number of esters is 1. The van der Waals surface area contributed by atoms with Gasteiger partial charge in [-0.2, -0.15) is 0 Å². The zero-order valence-electron chi connectivity index (χ0n) is 12.6. The van der Waals surface area contributed by atoms with Gasteiger partial charge >= 0.3 is 5.97 Å². The van der Waals surface area contributed by atoms with Crippen molar-refractivity contribution in [3.63, 3.8) is 0 Å². The molecule has 2 unspecified atom stereocenters. The minimum Gasteiger partial charge on any atom is -0.423 e. The van der Waals surface area contributed by atoms with Crippen LogP contribution in [0.5, 0.6) is 5.75 Å². The second kappa shape index (κ2) is 8.22. The van der Waals surface area contributed by atoms with E-state index in [1.165, 1.54) is 22.8 Å². The van der Waals surface area contributed by atoms with Crippen LogP contribution in [0.4, 0.5) is 0 Å². The van der Waals surface area contributed by atoms with Gasteiger partial charge in [-0.25, -0.2) is 4.79 Å². The quantitative estimate of drug-likeness (QED) is 0.352. The lowest BCUT2D eigenvalue weighted by Gasteiger charge is -2.04. The summed E-state index contributed by atoms with van der Waals surface area (Å²) >= 11 is 0. The lowest BCUT2D eigenvalue weighted by Crippen LogP contribution is -2.03. The molecule has 0 fully saturated rings.